The van der Waals surface area contributed by atoms with Crippen molar-refractivity contribution in [1.82, 2.24) is 28.2 Å². The molecule has 0 unspecified atom stereocenters. The second-order valence-corrected chi connectivity index (χ2v) is 8.77. The highest BCUT2D eigenvalue weighted by atomic mass is 16.1. The smallest absolute Gasteiger partial charge is 0.328 e. The van der Waals surface area contributed by atoms with E-state index >= 15 is 0 Å². The number of anilines is 1. The summed E-state index contributed by atoms with van der Waals surface area (Å²) >= 11 is 0. The maximum atomic E-state index is 12.5. The molecule has 0 saturated carbocycles. The molecule has 0 aliphatic heterocycles. The molecule has 3 heterocycles. The number of rotatable bonds is 4. The monoisotopic (exact) mass is 463 g/mol. The van der Waals surface area contributed by atoms with Gasteiger partial charge in [-0.3, -0.25) is 13.7 Å². The summed E-state index contributed by atoms with van der Waals surface area (Å²) in [5.74, 6) is 0.794. The van der Waals surface area contributed by atoms with Crippen molar-refractivity contribution >= 4 is 27.8 Å². The normalized spacial score (nSPS) is 11.5. The Hall–Kier alpha value is -4.59. The van der Waals surface area contributed by atoms with Gasteiger partial charge in [-0.25, -0.2) is 14.8 Å². The highest BCUT2D eigenvalue weighted by Gasteiger charge is 2.19. The molecule has 0 atom stereocenters. The molecule has 35 heavy (non-hydrogen) atoms. The quantitative estimate of drug-likeness (QED) is 0.422. The molecule has 0 spiro atoms. The molecule has 6 aromatic rings. The zero-order valence-electron chi connectivity index (χ0n) is 20.0. The van der Waals surface area contributed by atoms with Gasteiger partial charge in [-0.2, -0.15) is 0 Å². The molecule has 0 aliphatic rings. The van der Waals surface area contributed by atoms with Gasteiger partial charge < -0.3 is 9.88 Å². The lowest BCUT2D eigenvalue weighted by Crippen LogP contribution is -2.19. The summed E-state index contributed by atoms with van der Waals surface area (Å²) in [5, 5.41) is 3.16. The molecule has 0 saturated heterocycles. The van der Waals surface area contributed by atoms with Gasteiger partial charge in [0.2, 0.25) is 0 Å². The number of hydrogen-bond donors (Lipinski definition) is 1. The average molecular weight is 464 g/mol. The van der Waals surface area contributed by atoms with E-state index in [0.29, 0.717) is 0 Å². The number of fused-ring (bicyclic) bond motifs is 2. The van der Waals surface area contributed by atoms with E-state index in [9.17, 15) is 4.79 Å². The summed E-state index contributed by atoms with van der Waals surface area (Å²) in [6.45, 7) is 0. The lowest BCUT2D eigenvalue weighted by molar-refractivity contribution is 0.795. The zero-order chi connectivity index (χ0) is 24.3. The minimum atomic E-state index is -0.0477. The van der Waals surface area contributed by atoms with E-state index in [1.165, 1.54) is 0 Å². The van der Waals surface area contributed by atoms with Crippen LogP contribution in [-0.4, -0.2) is 35.3 Å². The molecule has 1 N–H and O–H groups in total. The Bertz CT molecular complexity index is 1780. The summed E-state index contributed by atoms with van der Waals surface area (Å²) in [7, 11) is 7.47. The van der Waals surface area contributed by atoms with Crippen LogP contribution >= 0.6 is 0 Å². The molecule has 0 radical (unpaired) electrons. The second-order valence-electron chi connectivity index (χ2n) is 8.77. The molecule has 6 rings (SSSR count). The third kappa shape index (κ3) is 3.18. The van der Waals surface area contributed by atoms with Crippen LogP contribution < -0.4 is 11.0 Å². The third-order valence-corrected chi connectivity index (χ3v) is 6.72. The lowest BCUT2D eigenvalue weighted by atomic mass is 10.0. The van der Waals surface area contributed by atoms with E-state index in [2.05, 4.69) is 57.3 Å². The standard InChI is InChI=1S/C27H25N7O/c1-28-19-8-5-17(6-9-19)18-7-11-22-21(13-18)30-26(25-15-29-16-31(25)2)34(22)20-10-12-23-24(14-20)33(4)27(35)32(23)3/h5-16,28H,1-4H3. The number of benzene rings is 3. The van der Waals surface area contributed by atoms with Crippen molar-refractivity contribution in [3.05, 3.63) is 83.7 Å². The van der Waals surface area contributed by atoms with Crippen molar-refractivity contribution in [2.45, 2.75) is 0 Å². The van der Waals surface area contributed by atoms with Crippen LogP contribution in [0.5, 0.6) is 0 Å². The summed E-state index contributed by atoms with van der Waals surface area (Å²) in [4.78, 5) is 21.9. The van der Waals surface area contributed by atoms with E-state index in [0.717, 1.165) is 56.1 Å². The van der Waals surface area contributed by atoms with Gasteiger partial charge in [-0.15, -0.1) is 0 Å². The number of nitrogens with one attached hydrogen (secondary N) is 1. The maximum absolute atomic E-state index is 12.5. The highest BCUT2D eigenvalue weighted by molar-refractivity contribution is 5.88. The fourth-order valence-corrected chi connectivity index (χ4v) is 4.73. The molecule has 3 aromatic carbocycles. The van der Waals surface area contributed by atoms with Gasteiger partial charge >= 0.3 is 5.69 Å². The highest BCUT2D eigenvalue weighted by Crippen LogP contribution is 2.32. The van der Waals surface area contributed by atoms with Crippen LogP contribution in [0.4, 0.5) is 5.69 Å². The Kier molecular flexibility index (Phi) is 4.63. The molecule has 0 bridgehead atoms. The Balaban J connectivity index is 1.60. The van der Waals surface area contributed by atoms with Gasteiger partial charge in [0.25, 0.3) is 0 Å². The summed E-state index contributed by atoms with van der Waals surface area (Å²) < 4.78 is 7.44. The Morgan fingerprint density at radius 3 is 2.23 bits per heavy atom. The summed E-state index contributed by atoms with van der Waals surface area (Å²) in [5.41, 5.74) is 8.72. The zero-order valence-corrected chi connectivity index (χ0v) is 20.0. The number of nitrogens with zero attached hydrogens (tertiary/aromatic N) is 6. The summed E-state index contributed by atoms with van der Waals surface area (Å²) in [6, 6.07) is 20.8. The van der Waals surface area contributed by atoms with Gasteiger partial charge in [-0.1, -0.05) is 18.2 Å². The van der Waals surface area contributed by atoms with Gasteiger partial charge in [-0.05, 0) is 53.6 Å². The molecule has 0 amide bonds. The number of aromatic nitrogens is 6. The Morgan fingerprint density at radius 2 is 1.51 bits per heavy atom. The summed E-state index contributed by atoms with van der Waals surface area (Å²) in [6.07, 6.45) is 3.60. The van der Waals surface area contributed by atoms with Crippen LogP contribution in [0.15, 0.2) is 78.0 Å². The van der Waals surface area contributed by atoms with Gasteiger partial charge in [0.1, 0.15) is 5.69 Å². The first-order valence-electron chi connectivity index (χ1n) is 11.4. The maximum Gasteiger partial charge on any atom is 0.328 e. The molecule has 0 fully saturated rings. The van der Waals surface area contributed by atoms with Crippen LogP contribution in [0, 0.1) is 0 Å². The number of imidazole rings is 3. The van der Waals surface area contributed by atoms with E-state index in [1.54, 1.807) is 29.6 Å². The fourth-order valence-electron chi connectivity index (χ4n) is 4.73. The predicted octanol–water partition coefficient (Wildman–Crippen LogP) is 4.33. The molecule has 3 aromatic heterocycles. The minimum Gasteiger partial charge on any atom is -0.388 e. The Morgan fingerprint density at radius 1 is 0.800 bits per heavy atom. The molecule has 0 aliphatic carbocycles. The average Bonchev–Trinajstić information content (AvgIpc) is 3.54. The predicted molar refractivity (Wildman–Crippen MR) is 140 cm³/mol. The first-order chi connectivity index (χ1) is 17.0. The first kappa shape index (κ1) is 21.0. The van der Waals surface area contributed by atoms with Crippen molar-refractivity contribution < 1.29 is 0 Å². The van der Waals surface area contributed by atoms with Crippen LogP contribution in [0.1, 0.15) is 0 Å². The molecular weight excluding hydrogens is 438 g/mol. The van der Waals surface area contributed by atoms with Crippen molar-refractivity contribution in [2.75, 3.05) is 12.4 Å². The van der Waals surface area contributed by atoms with Crippen LogP contribution in [0.2, 0.25) is 0 Å². The lowest BCUT2D eigenvalue weighted by Gasteiger charge is -2.11. The molecule has 174 valence electrons. The topological polar surface area (TPSA) is 74.6 Å². The fraction of sp³-hybridized carbons (Fsp3) is 0.148. The largest absolute Gasteiger partial charge is 0.388 e. The van der Waals surface area contributed by atoms with Crippen LogP contribution in [0.25, 0.3) is 50.4 Å². The van der Waals surface area contributed by atoms with E-state index in [4.69, 9.17) is 4.98 Å². The molecular formula is C27H25N7O. The van der Waals surface area contributed by atoms with Crippen molar-refractivity contribution in [1.29, 1.82) is 0 Å². The molecule has 8 heteroatoms. The van der Waals surface area contributed by atoms with Gasteiger partial charge in [0, 0.05) is 39.6 Å². The van der Waals surface area contributed by atoms with Crippen LogP contribution in [0.3, 0.4) is 0 Å². The van der Waals surface area contributed by atoms with Gasteiger partial charge in [0.15, 0.2) is 5.82 Å². The van der Waals surface area contributed by atoms with Crippen LogP contribution in [-0.2, 0) is 21.1 Å². The van der Waals surface area contributed by atoms with Crippen molar-refractivity contribution in [2.24, 2.45) is 21.1 Å². The third-order valence-electron chi connectivity index (χ3n) is 6.72. The van der Waals surface area contributed by atoms with E-state index in [1.807, 2.05) is 43.1 Å². The van der Waals surface area contributed by atoms with Crippen molar-refractivity contribution in [3.63, 3.8) is 0 Å². The second kappa shape index (κ2) is 7.73. The minimum absolute atomic E-state index is 0.0477. The van der Waals surface area contributed by atoms with Gasteiger partial charge in [0.05, 0.1) is 34.6 Å². The SMILES string of the molecule is CNc1ccc(-c2ccc3c(c2)nc(-c2cncn2C)n3-c2ccc3c(c2)n(C)c(=O)n3C)cc1. The van der Waals surface area contributed by atoms with E-state index < -0.39 is 0 Å². The first-order valence-corrected chi connectivity index (χ1v) is 11.4. The van der Waals surface area contributed by atoms with E-state index in [-0.39, 0.29) is 5.69 Å². The number of aryl methyl sites for hydroxylation is 3. The van der Waals surface area contributed by atoms with Crippen molar-refractivity contribution in [3.8, 4) is 28.3 Å². The number of hydrogen-bond acceptors (Lipinski definition) is 4. The molecule has 8 nitrogen and oxygen atoms in total. The Labute approximate surface area is 201 Å².